The zero-order chi connectivity index (χ0) is 14.8. The van der Waals surface area contributed by atoms with Crippen molar-refractivity contribution in [3.63, 3.8) is 0 Å². The molecule has 0 aliphatic heterocycles. The Morgan fingerprint density at radius 3 is 3.10 bits per heavy atom. The molecular weight excluding hydrogens is 268 g/mol. The van der Waals surface area contributed by atoms with E-state index in [9.17, 15) is 4.79 Å². The van der Waals surface area contributed by atoms with Gasteiger partial charge in [0.2, 0.25) is 0 Å². The number of H-pyrrole nitrogens is 1. The summed E-state index contributed by atoms with van der Waals surface area (Å²) < 4.78 is 5.33. The van der Waals surface area contributed by atoms with Crippen LogP contribution in [-0.4, -0.2) is 16.0 Å². The van der Waals surface area contributed by atoms with Gasteiger partial charge in [-0.1, -0.05) is 0 Å². The molecule has 2 heterocycles. The molecule has 1 atom stereocenters. The summed E-state index contributed by atoms with van der Waals surface area (Å²) in [5.41, 5.74) is 7.71. The highest BCUT2D eigenvalue weighted by Gasteiger charge is 2.10. The lowest BCUT2D eigenvalue weighted by Crippen LogP contribution is -2.19. The van der Waals surface area contributed by atoms with Crippen molar-refractivity contribution in [2.24, 2.45) is 0 Å². The molecule has 0 saturated heterocycles. The molecule has 0 aliphatic rings. The lowest BCUT2D eigenvalue weighted by molar-refractivity contribution is 0.498. The van der Waals surface area contributed by atoms with Crippen LogP contribution in [0.5, 0.6) is 0 Å². The van der Waals surface area contributed by atoms with Crippen LogP contribution >= 0.6 is 0 Å². The Morgan fingerprint density at radius 1 is 1.48 bits per heavy atom. The Kier molecular flexibility index (Phi) is 3.35. The molecule has 0 amide bonds. The van der Waals surface area contributed by atoms with Crippen LogP contribution in [0.3, 0.4) is 0 Å². The van der Waals surface area contributed by atoms with Gasteiger partial charge in [0.05, 0.1) is 34.9 Å². The number of fused-ring (bicyclic) bond motifs is 1. The molecule has 3 rings (SSSR count). The Bertz CT molecular complexity index is 808. The van der Waals surface area contributed by atoms with Gasteiger partial charge in [-0.2, -0.15) is 0 Å². The average molecular weight is 284 g/mol. The molecule has 0 fully saturated rings. The highest BCUT2D eigenvalue weighted by Crippen LogP contribution is 2.24. The smallest absolute Gasteiger partial charge is 0.258 e. The first kappa shape index (κ1) is 13.2. The first-order valence-corrected chi connectivity index (χ1v) is 6.69. The average Bonchev–Trinajstić information content (AvgIpc) is 2.93. The molecule has 0 radical (unpaired) electrons. The summed E-state index contributed by atoms with van der Waals surface area (Å²) in [7, 11) is 0. The molecule has 1 aromatic carbocycles. The fraction of sp³-hybridized carbons (Fsp3) is 0.200. The lowest BCUT2D eigenvalue weighted by Gasteiger charge is -2.16. The van der Waals surface area contributed by atoms with Gasteiger partial charge >= 0.3 is 0 Å². The second-order valence-corrected chi connectivity index (χ2v) is 5.02. The lowest BCUT2D eigenvalue weighted by atomic mass is 10.1. The predicted octanol–water partition coefficient (Wildman–Crippen LogP) is 2.14. The number of benzene rings is 1. The van der Waals surface area contributed by atoms with E-state index in [2.05, 4.69) is 15.3 Å². The van der Waals surface area contributed by atoms with Crippen molar-refractivity contribution in [1.82, 2.24) is 9.97 Å². The number of nitrogens with two attached hydrogens (primary N) is 1. The van der Waals surface area contributed by atoms with Gasteiger partial charge in [-0.15, -0.1) is 0 Å². The number of nitrogens with zero attached hydrogens (tertiary/aromatic N) is 1. The summed E-state index contributed by atoms with van der Waals surface area (Å²) in [6.07, 6.45) is 3.78. The van der Waals surface area contributed by atoms with Crippen molar-refractivity contribution in [2.75, 3.05) is 11.1 Å². The molecule has 1 unspecified atom stereocenters. The topological polar surface area (TPSA) is 96.9 Å². The number of furan rings is 1. The molecule has 0 bridgehead atoms. The third kappa shape index (κ3) is 2.74. The third-order valence-electron chi connectivity index (χ3n) is 3.30. The van der Waals surface area contributed by atoms with Gasteiger partial charge < -0.3 is 20.5 Å². The molecule has 0 aliphatic carbocycles. The summed E-state index contributed by atoms with van der Waals surface area (Å²) in [5, 5.41) is 3.81. The first-order chi connectivity index (χ1) is 10.1. The summed E-state index contributed by atoms with van der Waals surface area (Å²) >= 11 is 0. The van der Waals surface area contributed by atoms with E-state index in [-0.39, 0.29) is 11.6 Å². The Balaban J connectivity index is 1.86. The maximum Gasteiger partial charge on any atom is 0.258 e. The molecule has 2 aromatic heterocycles. The van der Waals surface area contributed by atoms with E-state index in [1.165, 1.54) is 6.33 Å². The number of aromatic nitrogens is 2. The van der Waals surface area contributed by atoms with Gasteiger partial charge in [-0.05, 0) is 31.2 Å². The fourth-order valence-electron chi connectivity index (χ4n) is 2.30. The van der Waals surface area contributed by atoms with Crippen LogP contribution in [0.25, 0.3) is 10.9 Å². The molecule has 21 heavy (non-hydrogen) atoms. The Morgan fingerprint density at radius 2 is 2.33 bits per heavy atom. The maximum absolute atomic E-state index is 11.7. The van der Waals surface area contributed by atoms with E-state index in [0.717, 1.165) is 17.9 Å². The van der Waals surface area contributed by atoms with E-state index < -0.39 is 0 Å². The minimum absolute atomic E-state index is 0.137. The highest BCUT2D eigenvalue weighted by atomic mass is 16.3. The van der Waals surface area contributed by atoms with Crippen LogP contribution in [0, 0.1) is 0 Å². The monoisotopic (exact) mass is 284 g/mol. The van der Waals surface area contributed by atoms with E-state index in [0.29, 0.717) is 16.6 Å². The normalized spacial score (nSPS) is 12.4. The van der Waals surface area contributed by atoms with Crippen molar-refractivity contribution in [2.45, 2.75) is 19.4 Å². The summed E-state index contributed by atoms with van der Waals surface area (Å²) in [5.74, 6) is 0.906. The molecule has 6 heteroatoms. The molecule has 108 valence electrons. The number of hydrogen-bond donors (Lipinski definition) is 3. The molecule has 6 nitrogen and oxygen atoms in total. The van der Waals surface area contributed by atoms with Crippen molar-refractivity contribution >= 4 is 22.3 Å². The van der Waals surface area contributed by atoms with E-state index in [1.807, 2.05) is 19.1 Å². The molecule has 0 spiro atoms. The third-order valence-corrected chi connectivity index (χ3v) is 3.30. The quantitative estimate of drug-likeness (QED) is 0.638. The number of rotatable bonds is 4. The van der Waals surface area contributed by atoms with Crippen molar-refractivity contribution in [3.05, 3.63) is 53.0 Å². The predicted molar refractivity (Wildman–Crippen MR) is 82.3 cm³/mol. The van der Waals surface area contributed by atoms with Crippen LogP contribution in [0.1, 0.15) is 12.7 Å². The Hall–Kier alpha value is -2.76. The van der Waals surface area contributed by atoms with Crippen LogP contribution < -0.4 is 16.6 Å². The molecule has 4 N–H and O–H groups in total. The second kappa shape index (κ2) is 5.32. The Labute approximate surface area is 121 Å². The minimum atomic E-state index is -0.193. The fourth-order valence-corrected chi connectivity index (χ4v) is 2.30. The van der Waals surface area contributed by atoms with Crippen molar-refractivity contribution in [3.8, 4) is 0 Å². The minimum Gasteiger partial charge on any atom is -0.469 e. The van der Waals surface area contributed by atoms with Gasteiger partial charge in [-0.3, -0.25) is 4.79 Å². The number of nitrogens with one attached hydrogen (secondary N) is 2. The van der Waals surface area contributed by atoms with Gasteiger partial charge in [0.25, 0.3) is 5.56 Å². The largest absolute Gasteiger partial charge is 0.469 e. The number of nitrogen functional groups attached to an aromatic ring is 1. The van der Waals surface area contributed by atoms with Crippen LogP contribution in [0.15, 0.2) is 46.1 Å². The van der Waals surface area contributed by atoms with Crippen LogP contribution in [-0.2, 0) is 6.42 Å². The highest BCUT2D eigenvalue weighted by molar-refractivity contribution is 5.88. The zero-order valence-electron chi connectivity index (χ0n) is 11.6. The number of anilines is 2. The van der Waals surface area contributed by atoms with Gasteiger partial charge in [0, 0.05) is 12.5 Å². The van der Waals surface area contributed by atoms with E-state index in [1.54, 1.807) is 18.4 Å². The number of aromatic amines is 1. The summed E-state index contributed by atoms with van der Waals surface area (Å²) in [6.45, 7) is 2.04. The van der Waals surface area contributed by atoms with Crippen molar-refractivity contribution in [1.29, 1.82) is 0 Å². The summed E-state index contributed by atoms with van der Waals surface area (Å²) in [6, 6.07) is 7.37. The second-order valence-electron chi connectivity index (χ2n) is 5.02. The van der Waals surface area contributed by atoms with Crippen LogP contribution in [0.2, 0.25) is 0 Å². The van der Waals surface area contributed by atoms with Gasteiger partial charge in [0.15, 0.2) is 0 Å². The zero-order valence-corrected chi connectivity index (χ0v) is 11.6. The van der Waals surface area contributed by atoms with Gasteiger partial charge in [0.1, 0.15) is 5.76 Å². The SMILES string of the molecule is CC(Cc1ccco1)Nc1cc2nc[nH]c(=O)c2cc1N. The van der Waals surface area contributed by atoms with Crippen molar-refractivity contribution < 1.29 is 4.42 Å². The maximum atomic E-state index is 11.7. The summed E-state index contributed by atoms with van der Waals surface area (Å²) in [4.78, 5) is 18.4. The van der Waals surface area contributed by atoms with Crippen LogP contribution in [0.4, 0.5) is 11.4 Å². The molecule has 0 saturated carbocycles. The van der Waals surface area contributed by atoms with E-state index in [4.69, 9.17) is 10.2 Å². The van der Waals surface area contributed by atoms with Gasteiger partial charge in [-0.25, -0.2) is 4.98 Å². The first-order valence-electron chi connectivity index (χ1n) is 6.69. The standard InChI is InChI=1S/C15H16N4O2/c1-9(5-10-3-2-4-21-10)19-14-7-13-11(6-12(14)16)15(20)18-8-17-13/h2-4,6-9,19H,5,16H2,1H3,(H,17,18,20). The molecular formula is C15H16N4O2. The molecule has 3 aromatic rings. The van der Waals surface area contributed by atoms with E-state index >= 15 is 0 Å². The number of hydrogen-bond acceptors (Lipinski definition) is 5.